The first-order valence-corrected chi connectivity index (χ1v) is 6.46. The number of rotatable bonds is 4. The first-order chi connectivity index (χ1) is 8.72. The molecule has 94 valence electrons. The van der Waals surface area contributed by atoms with Gasteiger partial charge < -0.3 is 16.5 Å². The SMILES string of the molecule is CSc1ccccc1Nc1cc(NN)nc(N)n1. The van der Waals surface area contributed by atoms with Crippen LogP contribution < -0.4 is 22.3 Å². The van der Waals surface area contributed by atoms with E-state index in [0.29, 0.717) is 11.6 Å². The number of nitrogens with zero attached hydrogens (tertiary/aromatic N) is 2. The van der Waals surface area contributed by atoms with E-state index < -0.39 is 0 Å². The summed E-state index contributed by atoms with van der Waals surface area (Å²) in [6.07, 6.45) is 2.02. The molecule has 0 spiro atoms. The smallest absolute Gasteiger partial charge is 0.223 e. The number of nitrogens with one attached hydrogen (secondary N) is 2. The molecule has 2 aromatic rings. The summed E-state index contributed by atoms with van der Waals surface area (Å²) >= 11 is 1.65. The van der Waals surface area contributed by atoms with Crippen molar-refractivity contribution in [2.24, 2.45) is 5.84 Å². The Morgan fingerprint density at radius 1 is 1.17 bits per heavy atom. The number of hydrogen-bond donors (Lipinski definition) is 4. The summed E-state index contributed by atoms with van der Waals surface area (Å²) in [7, 11) is 0. The van der Waals surface area contributed by atoms with Crippen molar-refractivity contribution in [3.8, 4) is 0 Å². The Morgan fingerprint density at radius 2 is 1.89 bits per heavy atom. The van der Waals surface area contributed by atoms with Gasteiger partial charge in [-0.25, -0.2) is 5.84 Å². The molecule has 0 saturated heterocycles. The van der Waals surface area contributed by atoms with E-state index in [9.17, 15) is 0 Å². The molecule has 0 unspecified atom stereocenters. The van der Waals surface area contributed by atoms with E-state index in [2.05, 4.69) is 20.7 Å². The molecule has 18 heavy (non-hydrogen) atoms. The molecule has 6 nitrogen and oxygen atoms in total. The Bertz CT molecular complexity index is 545. The van der Waals surface area contributed by atoms with Gasteiger partial charge in [0.2, 0.25) is 5.95 Å². The number of hydrogen-bond acceptors (Lipinski definition) is 7. The topological polar surface area (TPSA) is 102 Å². The summed E-state index contributed by atoms with van der Waals surface area (Å²) in [6.45, 7) is 0. The predicted molar refractivity (Wildman–Crippen MR) is 75.8 cm³/mol. The van der Waals surface area contributed by atoms with Gasteiger partial charge in [0.05, 0.1) is 5.69 Å². The maximum Gasteiger partial charge on any atom is 0.223 e. The lowest BCUT2D eigenvalue weighted by molar-refractivity contribution is 1.15. The maximum atomic E-state index is 5.60. The second-order valence-corrected chi connectivity index (χ2v) is 4.31. The summed E-state index contributed by atoms with van der Waals surface area (Å²) in [6, 6.07) is 9.62. The molecule has 0 radical (unpaired) electrons. The molecule has 2 rings (SSSR count). The van der Waals surface area contributed by atoms with Crippen LogP contribution >= 0.6 is 11.8 Å². The summed E-state index contributed by atoms with van der Waals surface area (Å²) in [4.78, 5) is 9.15. The second-order valence-electron chi connectivity index (χ2n) is 3.47. The molecule has 1 aromatic carbocycles. The maximum absolute atomic E-state index is 5.60. The van der Waals surface area contributed by atoms with Crippen molar-refractivity contribution in [2.45, 2.75) is 4.90 Å². The Labute approximate surface area is 109 Å². The minimum atomic E-state index is 0.162. The van der Waals surface area contributed by atoms with Gasteiger partial charge in [0, 0.05) is 11.0 Å². The Balaban J connectivity index is 2.30. The van der Waals surface area contributed by atoms with Crippen LogP contribution in [0.2, 0.25) is 0 Å². The fourth-order valence-electron chi connectivity index (χ4n) is 1.49. The van der Waals surface area contributed by atoms with Crippen LogP contribution in [-0.2, 0) is 0 Å². The van der Waals surface area contributed by atoms with Gasteiger partial charge in [-0.2, -0.15) is 9.97 Å². The zero-order valence-electron chi connectivity index (χ0n) is 9.84. The molecule has 6 N–H and O–H groups in total. The van der Waals surface area contributed by atoms with E-state index >= 15 is 0 Å². The highest BCUT2D eigenvalue weighted by Crippen LogP contribution is 2.27. The van der Waals surface area contributed by atoms with Crippen LogP contribution in [0.1, 0.15) is 0 Å². The Morgan fingerprint density at radius 3 is 2.61 bits per heavy atom. The first-order valence-electron chi connectivity index (χ1n) is 5.24. The molecular formula is C11H14N6S. The third-order valence-electron chi connectivity index (χ3n) is 2.26. The Hall–Kier alpha value is -1.99. The molecule has 1 heterocycles. The second kappa shape index (κ2) is 5.56. The van der Waals surface area contributed by atoms with Crippen molar-refractivity contribution in [3.05, 3.63) is 30.3 Å². The fourth-order valence-corrected chi connectivity index (χ4v) is 2.04. The summed E-state index contributed by atoms with van der Waals surface area (Å²) in [5.74, 6) is 6.53. The van der Waals surface area contributed by atoms with Crippen molar-refractivity contribution in [3.63, 3.8) is 0 Å². The van der Waals surface area contributed by atoms with Gasteiger partial charge in [-0.3, -0.25) is 0 Å². The fraction of sp³-hybridized carbons (Fsp3) is 0.0909. The first kappa shape index (κ1) is 12.5. The number of anilines is 4. The van der Waals surface area contributed by atoms with Crippen LogP contribution in [0.3, 0.4) is 0 Å². The van der Waals surface area contributed by atoms with Crippen LogP contribution in [0.5, 0.6) is 0 Å². The average molecular weight is 262 g/mol. The largest absolute Gasteiger partial charge is 0.368 e. The molecule has 0 fully saturated rings. The molecule has 0 aliphatic heterocycles. The molecule has 0 amide bonds. The van der Waals surface area contributed by atoms with Gasteiger partial charge in [-0.15, -0.1) is 11.8 Å². The lowest BCUT2D eigenvalue weighted by atomic mass is 10.3. The molecule has 0 aliphatic rings. The van der Waals surface area contributed by atoms with Crippen LogP contribution in [0, 0.1) is 0 Å². The highest BCUT2D eigenvalue weighted by Gasteiger charge is 2.04. The highest BCUT2D eigenvalue weighted by atomic mass is 32.2. The number of benzene rings is 1. The number of nitrogen functional groups attached to an aromatic ring is 2. The van der Waals surface area contributed by atoms with E-state index in [1.807, 2.05) is 30.5 Å². The molecule has 7 heteroatoms. The van der Waals surface area contributed by atoms with E-state index in [4.69, 9.17) is 11.6 Å². The van der Waals surface area contributed by atoms with Gasteiger partial charge in [0.25, 0.3) is 0 Å². The quantitative estimate of drug-likeness (QED) is 0.378. The number of hydrazine groups is 1. The minimum Gasteiger partial charge on any atom is -0.368 e. The van der Waals surface area contributed by atoms with Gasteiger partial charge >= 0.3 is 0 Å². The van der Waals surface area contributed by atoms with Gasteiger partial charge in [0.15, 0.2) is 0 Å². The zero-order valence-corrected chi connectivity index (χ0v) is 10.7. The van der Waals surface area contributed by atoms with Crippen LogP contribution in [0.15, 0.2) is 35.2 Å². The summed E-state index contributed by atoms with van der Waals surface area (Å²) in [5, 5.41) is 3.19. The third kappa shape index (κ3) is 2.82. The van der Waals surface area contributed by atoms with E-state index in [0.717, 1.165) is 10.6 Å². The molecule has 1 aromatic heterocycles. The molecular weight excluding hydrogens is 248 g/mol. The van der Waals surface area contributed by atoms with Gasteiger partial charge in [-0.05, 0) is 18.4 Å². The highest BCUT2D eigenvalue weighted by molar-refractivity contribution is 7.98. The van der Waals surface area contributed by atoms with E-state index in [1.54, 1.807) is 17.8 Å². The summed E-state index contributed by atoms with van der Waals surface area (Å²) < 4.78 is 0. The summed E-state index contributed by atoms with van der Waals surface area (Å²) in [5.41, 5.74) is 9.01. The molecule has 0 bridgehead atoms. The third-order valence-corrected chi connectivity index (χ3v) is 3.06. The van der Waals surface area contributed by atoms with Crippen molar-refractivity contribution < 1.29 is 0 Å². The van der Waals surface area contributed by atoms with Gasteiger partial charge in [-0.1, -0.05) is 12.1 Å². The van der Waals surface area contributed by atoms with E-state index in [1.165, 1.54) is 0 Å². The van der Waals surface area contributed by atoms with Crippen molar-refractivity contribution in [1.29, 1.82) is 0 Å². The lowest BCUT2D eigenvalue weighted by Crippen LogP contribution is -2.11. The standard InChI is InChI=1S/C11H14N6S/c1-18-8-5-3-2-4-7(8)14-9-6-10(17-13)16-11(12)15-9/h2-6H,13H2,1H3,(H4,12,14,15,16,17). The van der Waals surface area contributed by atoms with E-state index in [-0.39, 0.29) is 5.95 Å². The average Bonchev–Trinajstić information content (AvgIpc) is 2.38. The molecule has 0 atom stereocenters. The van der Waals surface area contributed by atoms with Crippen LogP contribution in [0.25, 0.3) is 0 Å². The minimum absolute atomic E-state index is 0.162. The monoisotopic (exact) mass is 262 g/mol. The van der Waals surface area contributed by atoms with Crippen LogP contribution in [-0.4, -0.2) is 16.2 Å². The van der Waals surface area contributed by atoms with Gasteiger partial charge in [0.1, 0.15) is 11.6 Å². The van der Waals surface area contributed by atoms with Crippen molar-refractivity contribution >= 4 is 35.0 Å². The lowest BCUT2D eigenvalue weighted by Gasteiger charge is -2.10. The number of thioether (sulfide) groups is 1. The number of nitrogens with two attached hydrogens (primary N) is 2. The molecule has 0 aliphatic carbocycles. The normalized spacial score (nSPS) is 10.1. The molecule has 0 saturated carbocycles. The predicted octanol–water partition coefficient (Wildman–Crippen LogP) is 1.81. The van der Waals surface area contributed by atoms with Crippen LogP contribution in [0.4, 0.5) is 23.3 Å². The van der Waals surface area contributed by atoms with Crippen molar-refractivity contribution in [2.75, 3.05) is 22.7 Å². The van der Waals surface area contributed by atoms with Crippen molar-refractivity contribution in [1.82, 2.24) is 9.97 Å². The Kier molecular flexibility index (Phi) is 3.85. The zero-order chi connectivity index (χ0) is 13.0. The number of para-hydroxylation sites is 1. The number of aromatic nitrogens is 2.